The highest BCUT2D eigenvalue weighted by molar-refractivity contribution is 6.22. The maximum absolute atomic E-state index is 6.66. The third-order valence-corrected chi connectivity index (χ3v) is 16.8. The number of hydrogen-bond acceptors (Lipinski definition) is 2. The molecule has 1 heterocycles. The minimum absolute atomic E-state index is 0.181. The molecule has 0 atom stereocenters. The quantitative estimate of drug-likeness (QED) is 0.165. The Kier molecular flexibility index (Phi) is 10.4. The maximum Gasteiger partial charge on any atom is 0.143 e. The van der Waals surface area contributed by atoms with E-state index in [1.165, 1.54) is 87.6 Å². The summed E-state index contributed by atoms with van der Waals surface area (Å²) in [4.78, 5) is 2.48. The Bertz CT molecular complexity index is 4650. The van der Waals surface area contributed by atoms with Crippen molar-refractivity contribution in [3.8, 4) is 44.5 Å². The number of benzene rings is 11. The van der Waals surface area contributed by atoms with Gasteiger partial charge in [-0.1, -0.05) is 232 Å². The van der Waals surface area contributed by atoms with E-state index < -0.39 is 0 Å². The molecule has 0 bridgehead atoms. The molecule has 0 N–H and O–H groups in total. The van der Waals surface area contributed by atoms with Crippen LogP contribution in [0.3, 0.4) is 0 Å². The number of fused-ring (bicyclic) bond motifs is 16. The third kappa shape index (κ3) is 7.16. The number of para-hydroxylation sites is 2. The summed E-state index contributed by atoms with van der Waals surface area (Å²) in [5, 5.41) is 12.3. The first kappa shape index (κ1) is 44.9. The normalized spacial score (nSPS) is 13.3. The van der Waals surface area contributed by atoms with E-state index in [0.29, 0.717) is 0 Å². The molecule has 0 amide bonds. The van der Waals surface area contributed by atoms with Crippen molar-refractivity contribution in [1.82, 2.24) is 0 Å². The van der Waals surface area contributed by atoms with Crippen LogP contribution in [0.15, 0.2) is 259 Å². The van der Waals surface area contributed by atoms with Crippen molar-refractivity contribution in [2.75, 3.05) is 4.90 Å². The zero-order valence-electron chi connectivity index (χ0n) is 43.1. The van der Waals surface area contributed by atoms with E-state index in [-0.39, 0.29) is 5.41 Å². The van der Waals surface area contributed by atoms with Crippen LogP contribution in [0.2, 0.25) is 0 Å². The summed E-state index contributed by atoms with van der Waals surface area (Å²) in [6.07, 6.45) is 6.74. The monoisotopic (exact) mass is 983 g/mol. The zero-order valence-corrected chi connectivity index (χ0v) is 43.1. The van der Waals surface area contributed by atoms with Gasteiger partial charge in [-0.2, -0.15) is 0 Å². The van der Waals surface area contributed by atoms with Crippen LogP contribution in [0.25, 0.3) is 116 Å². The molecule has 0 spiro atoms. The molecule has 2 heteroatoms. The van der Waals surface area contributed by atoms with Crippen molar-refractivity contribution in [1.29, 1.82) is 0 Å². The Morgan fingerprint density at radius 3 is 1.68 bits per heavy atom. The maximum atomic E-state index is 6.66. The lowest BCUT2D eigenvalue weighted by Crippen LogP contribution is -2.17. The Morgan fingerprint density at radius 2 is 0.922 bits per heavy atom. The fourth-order valence-corrected chi connectivity index (χ4v) is 13.1. The van der Waals surface area contributed by atoms with Gasteiger partial charge in [-0.05, 0) is 154 Å². The molecule has 15 rings (SSSR count). The predicted octanol–water partition coefficient (Wildman–Crippen LogP) is 21.1. The first-order valence-electron chi connectivity index (χ1n) is 27.0. The van der Waals surface area contributed by atoms with Crippen LogP contribution in [0, 0.1) is 0 Å². The van der Waals surface area contributed by atoms with Crippen LogP contribution < -0.4 is 4.90 Å². The zero-order chi connectivity index (χ0) is 51.2. The van der Waals surface area contributed by atoms with Gasteiger partial charge in [0.05, 0.1) is 5.69 Å². The summed E-state index contributed by atoms with van der Waals surface area (Å²) in [6.45, 7) is 4.74. The molecule has 364 valence electrons. The van der Waals surface area contributed by atoms with Gasteiger partial charge in [0.1, 0.15) is 11.2 Å². The fraction of sp³-hybridized carbons (Fsp3) is 0.0667. The molecule has 2 aliphatic carbocycles. The topological polar surface area (TPSA) is 16.4 Å². The number of nitrogens with zero attached hydrogens (tertiary/aromatic N) is 1. The minimum atomic E-state index is -0.181. The predicted molar refractivity (Wildman–Crippen MR) is 327 cm³/mol. The van der Waals surface area contributed by atoms with Crippen molar-refractivity contribution in [3.05, 3.63) is 277 Å². The summed E-state index contributed by atoms with van der Waals surface area (Å²) < 4.78 is 6.66. The highest BCUT2D eigenvalue weighted by Crippen LogP contribution is 2.52. The lowest BCUT2D eigenvalue weighted by molar-refractivity contribution is 0.660. The number of furan rings is 1. The van der Waals surface area contributed by atoms with Gasteiger partial charge in [-0.25, -0.2) is 0 Å². The fourth-order valence-electron chi connectivity index (χ4n) is 13.1. The van der Waals surface area contributed by atoms with Gasteiger partial charge in [-0.3, -0.25) is 0 Å². The molecule has 2 nitrogen and oxygen atoms in total. The number of rotatable bonds is 6. The summed E-state index contributed by atoms with van der Waals surface area (Å²) in [6, 6.07) is 92.1. The molecule has 0 saturated heterocycles. The van der Waals surface area contributed by atoms with Crippen LogP contribution in [0.1, 0.15) is 42.5 Å². The van der Waals surface area contributed by atoms with Crippen molar-refractivity contribution in [2.24, 2.45) is 0 Å². The first-order valence-corrected chi connectivity index (χ1v) is 27.0. The smallest absolute Gasteiger partial charge is 0.143 e. The van der Waals surface area contributed by atoms with Crippen LogP contribution in [-0.2, 0) is 11.8 Å². The number of aryl methyl sites for hydroxylation is 1. The molecule has 77 heavy (non-hydrogen) atoms. The largest absolute Gasteiger partial charge is 0.455 e. The lowest BCUT2D eigenvalue weighted by Gasteiger charge is -2.30. The van der Waals surface area contributed by atoms with Gasteiger partial charge in [0.25, 0.3) is 0 Å². The minimum Gasteiger partial charge on any atom is -0.455 e. The van der Waals surface area contributed by atoms with Crippen molar-refractivity contribution >= 4 is 88.2 Å². The van der Waals surface area contributed by atoms with Gasteiger partial charge in [-0.15, -0.1) is 0 Å². The van der Waals surface area contributed by atoms with E-state index in [4.69, 9.17) is 4.42 Å². The van der Waals surface area contributed by atoms with Crippen molar-refractivity contribution in [2.45, 2.75) is 32.1 Å². The van der Waals surface area contributed by atoms with Gasteiger partial charge in [0, 0.05) is 38.7 Å². The average Bonchev–Trinajstić information content (AvgIpc) is 4.10. The van der Waals surface area contributed by atoms with Crippen LogP contribution in [-0.4, -0.2) is 0 Å². The molecule has 0 unspecified atom stereocenters. The summed E-state index contributed by atoms with van der Waals surface area (Å²) in [5.74, 6) is 0. The Balaban J connectivity index is 0.969. The molecule has 0 radical (unpaired) electrons. The molecule has 13 aromatic rings. The van der Waals surface area contributed by atoms with Gasteiger partial charge in [0.2, 0.25) is 0 Å². The van der Waals surface area contributed by atoms with E-state index in [1.807, 2.05) is 6.07 Å². The number of hydrogen-bond donors (Lipinski definition) is 0. The van der Waals surface area contributed by atoms with Crippen molar-refractivity contribution < 1.29 is 4.42 Å². The van der Waals surface area contributed by atoms with Crippen molar-refractivity contribution in [3.63, 3.8) is 0 Å². The SMILES string of the molecule is CC1(C)c2ccccc2-c2ccc(N(c3ccc(-c4cccc5c4c4c(c6ccccc6c6ccccc6c6ccccc56)CCC=C4)cc3)c3ccc(-c4cccc5c4oc4ccccc45)cc3-c3ccccc3)cc21. The molecule has 1 aromatic heterocycles. The van der Waals surface area contributed by atoms with Crippen LogP contribution in [0.4, 0.5) is 17.1 Å². The summed E-state index contributed by atoms with van der Waals surface area (Å²) in [5.41, 5.74) is 19.7. The Labute approximate surface area is 448 Å². The standard InChI is InChI=1S/C75H53NO/c1-75(2)69-36-16-14-29-62(69)63-44-43-52(47-70(63)75)76(71-45-40-50(46-68(71)48-20-4-3-5-21-48)54-33-19-35-67-64-30-15-17-37-72(64)77-74(54)67)51-41-38-49(39-42-51)53-32-18-34-66-61-27-11-10-26-59(61)57-23-7-6-22-55(57)56-24-8-9-25-58(56)60-28-12-13-31-65(60)73(53)66/h3-11,13-27,29-47H,12,28H2,1-2H3. The number of anilines is 3. The highest BCUT2D eigenvalue weighted by Gasteiger charge is 2.36. The molecule has 0 aliphatic heterocycles. The molecule has 12 aromatic carbocycles. The summed E-state index contributed by atoms with van der Waals surface area (Å²) >= 11 is 0. The Morgan fingerprint density at radius 1 is 0.377 bits per heavy atom. The molecule has 0 saturated carbocycles. The molecular weight excluding hydrogens is 931 g/mol. The summed E-state index contributed by atoms with van der Waals surface area (Å²) in [7, 11) is 0. The Hall–Kier alpha value is -9.50. The highest BCUT2D eigenvalue weighted by atomic mass is 16.3. The number of allylic oxidation sites excluding steroid dienone is 1. The first-order chi connectivity index (χ1) is 38.0. The molecule has 2 aliphatic rings. The van der Waals surface area contributed by atoms with E-state index in [0.717, 1.165) is 74.1 Å². The van der Waals surface area contributed by atoms with E-state index in [9.17, 15) is 0 Å². The molecule has 0 fully saturated rings. The van der Waals surface area contributed by atoms with E-state index >= 15 is 0 Å². The molecular formula is C75H53NO. The second-order valence-corrected chi connectivity index (χ2v) is 21.4. The van der Waals surface area contributed by atoms with Gasteiger partial charge >= 0.3 is 0 Å². The van der Waals surface area contributed by atoms with Gasteiger partial charge < -0.3 is 9.32 Å². The van der Waals surface area contributed by atoms with E-state index in [1.54, 1.807) is 0 Å². The lowest BCUT2D eigenvalue weighted by atomic mass is 9.82. The average molecular weight is 984 g/mol. The third-order valence-electron chi connectivity index (χ3n) is 16.8. The van der Waals surface area contributed by atoms with Crippen LogP contribution in [0.5, 0.6) is 0 Å². The second-order valence-electron chi connectivity index (χ2n) is 21.4. The van der Waals surface area contributed by atoms with Gasteiger partial charge in [0.15, 0.2) is 0 Å². The second kappa shape index (κ2) is 17.8. The van der Waals surface area contributed by atoms with E-state index in [2.05, 4.69) is 274 Å². The van der Waals surface area contributed by atoms with Crippen LogP contribution >= 0.6 is 0 Å².